The first-order chi connectivity index (χ1) is 17.5. The standard InChI is InChI=1S/C29H34N6O/c1-30-25-10-7-11-27(33-29(18-25)34(2)3)24-12-14-31-28(17-24)32-19-26(36)21-35-15-13-22-8-5-4-6-9-23(16-22)20-35/h5-10,12,14,17,26,36H,1,4,11,13,15,19-21H2,2-3H3,(H,31,32)/b8-5-,9-6-,10-7-,33-27+. The summed E-state index contributed by atoms with van der Waals surface area (Å²) in [5, 5.41) is 14.1. The minimum absolute atomic E-state index is 0.411. The predicted octanol–water partition coefficient (Wildman–Crippen LogP) is 3.86. The number of β-amino-alcohol motifs (C(OH)–C–C–N with tert-alkyl or cyclic N) is 1. The van der Waals surface area contributed by atoms with E-state index < -0.39 is 6.10 Å². The molecule has 186 valence electrons. The average Bonchev–Trinajstić information content (AvgIpc) is 3.04. The van der Waals surface area contributed by atoms with Crippen molar-refractivity contribution < 1.29 is 5.11 Å². The van der Waals surface area contributed by atoms with Crippen LogP contribution in [0.2, 0.25) is 0 Å². The van der Waals surface area contributed by atoms with E-state index in [1.807, 2.05) is 43.3 Å². The molecule has 0 aromatic carbocycles. The fraction of sp³-hybridized carbons (Fsp3) is 0.345. The fourth-order valence-electron chi connectivity index (χ4n) is 4.20. The molecule has 2 aliphatic heterocycles. The van der Waals surface area contributed by atoms with E-state index in [1.165, 1.54) is 11.1 Å². The molecule has 1 unspecified atom stereocenters. The molecule has 0 spiro atoms. The van der Waals surface area contributed by atoms with E-state index in [2.05, 4.69) is 62.7 Å². The Bertz CT molecular complexity index is 1240. The summed E-state index contributed by atoms with van der Waals surface area (Å²) in [4.78, 5) is 17.5. The molecule has 4 rings (SSSR count). The van der Waals surface area contributed by atoms with Crippen LogP contribution in [-0.2, 0) is 0 Å². The van der Waals surface area contributed by atoms with Crippen LogP contribution in [-0.4, -0.2) is 78.7 Å². The maximum Gasteiger partial charge on any atom is 0.175 e. The van der Waals surface area contributed by atoms with Crippen molar-refractivity contribution in [1.82, 2.24) is 14.8 Å². The zero-order valence-corrected chi connectivity index (χ0v) is 21.1. The molecule has 1 atom stereocenters. The first-order valence-electron chi connectivity index (χ1n) is 12.3. The molecule has 3 aliphatic rings. The molecule has 7 nitrogen and oxygen atoms in total. The Morgan fingerprint density at radius 2 is 2.03 bits per heavy atom. The average molecular weight is 483 g/mol. The summed E-state index contributed by atoms with van der Waals surface area (Å²) in [7, 11) is 3.86. The van der Waals surface area contributed by atoms with Crippen molar-refractivity contribution in [1.29, 1.82) is 0 Å². The number of aromatic nitrogens is 1. The van der Waals surface area contributed by atoms with E-state index >= 15 is 0 Å². The van der Waals surface area contributed by atoms with Crippen molar-refractivity contribution in [2.45, 2.75) is 25.4 Å². The first kappa shape index (κ1) is 25.4. The van der Waals surface area contributed by atoms with Crippen LogP contribution in [0, 0.1) is 0 Å². The van der Waals surface area contributed by atoms with E-state index in [-0.39, 0.29) is 0 Å². The number of nitrogens with one attached hydrogen (secondary N) is 1. The van der Waals surface area contributed by atoms with Crippen LogP contribution in [0.15, 0.2) is 98.9 Å². The molecule has 0 radical (unpaired) electrons. The summed E-state index contributed by atoms with van der Waals surface area (Å²) in [6.07, 6.45) is 16.3. The number of aliphatic hydroxyl groups is 1. The Labute approximate surface area is 213 Å². The maximum absolute atomic E-state index is 10.8. The number of hydrogen-bond donors (Lipinski definition) is 2. The predicted molar refractivity (Wildman–Crippen MR) is 147 cm³/mol. The molecule has 3 heterocycles. The Morgan fingerprint density at radius 3 is 2.83 bits per heavy atom. The van der Waals surface area contributed by atoms with Crippen molar-refractivity contribution in [3.05, 3.63) is 94.5 Å². The van der Waals surface area contributed by atoms with Gasteiger partial charge in [-0.2, -0.15) is 0 Å². The zero-order valence-electron chi connectivity index (χ0n) is 21.1. The van der Waals surface area contributed by atoms with Gasteiger partial charge in [0.05, 0.1) is 11.8 Å². The van der Waals surface area contributed by atoms with Crippen LogP contribution in [0.3, 0.4) is 0 Å². The summed E-state index contributed by atoms with van der Waals surface area (Å²) in [5.41, 5.74) is 11.6. The number of aliphatic imine (C=N–C) groups is 2. The largest absolute Gasteiger partial charge is 0.390 e. The molecule has 1 aromatic rings. The lowest BCUT2D eigenvalue weighted by molar-refractivity contribution is 0.128. The van der Waals surface area contributed by atoms with E-state index in [0.29, 0.717) is 36.8 Å². The molecule has 0 saturated carbocycles. The van der Waals surface area contributed by atoms with Crippen LogP contribution in [0.1, 0.15) is 24.8 Å². The van der Waals surface area contributed by atoms with Crippen LogP contribution >= 0.6 is 0 Å². The SMILES string of the molecule is C=NC1=C=C(N(C)C)/N=C(/c2ccnc(NCC(O)CN3CCC4=C=C(/C=C\C/C=C\4)C3)c2)C/C=C\1. The zero-order chi connectivity index (χ0) is 25.3. The monoisotopic (exact) mass is 482 g/mol. The highest BCUT2D eigenvalue weighted by molar-refractivity contribution is 6.02. The lowest BCUT2D eigenvalue weighted by atomic mass is 10.1. The highest BCUT2D eigenvalue weighted by Gasteiger charge is 2.16. The minimum Gasteiger partial charge on any atom is -0.390 e. The van der Waals surface area contributed by atoms with Gasteiger partial charge in [-0.15, -0.1) is 5.73 Å². The Morgan fingerprint density at radius 1 is 1.19 bits per heavy atom. The Hall–Kier alpha value is -3.73. The van der Waals surface area contributed by atoms with Gasteiger partial charge in [0, 0.05) is 64.0 Å². The lowest BCUT2D eigenvalue weighted by Crippen LogP contribution is -2.37. The lowest BCUT2D eigenvalue weighted by Gasteiger charge is -2.24. The number of hydrogen-bond acceptors (Lipinski definition) is 7. The van der Waals surface area contributed by atoms with Crippen LogP contribution < -0.4 is 5.32 Å². The third kappa shape index (κ3) is 7.14. The van der Waals surface area contributed by atoms with E-state index in [1.54, 1.807) is 6.20 Å². The van der Waals surface area contributed by atoms with E-state index in [4.69, 9.17) is 4.99 Å². The van der Waals surface area contributed by atoms with Crippen molar-refractivity contribution in [2.75, 3.05) is 45.6 Å². The Kier molecular flexibility index (Phi) is 8.66. The van der Waals surface area contributed by atoms with Gasteiger partial charge in [0.2, 0.25) is 0 Å². The normalized spacial score (nSPS) is 22.8. The molecule has 0 fully saturated rings. The first-order valence-corrected chi connectivity index (χ1v) is 12.3. The van der Waals surface area contributed by atoms with E-state index in [0.717, 1.165) is 37.2 Å². The van der Waals surface area contributed by atoms with Gasteiger partial charge in [-0.25, -0.2) is 9.98 Å². The summed E-state index contributed by atoms with van der Waals surface area (Å²) in [6.45, 7) is 6.30. The highest BCUT2D eigenvalue weighted by atomic mass is 16.3. The second-order valence-corrected chi connectivity index (χ2v) is 9.22. The van der Waals surface area contributed by atoms with Crippen molar-refractivity contribution >= 4 is 18.2 Å². The summed E-state index contributed by atoms with van der Waals surface area (Å²) < 4.78 is 0. The number of pyridine rings is 1. The van der Waals surface area contributed by atoms with Crippen LogP contribution in [0.5, 0.6) is 0 Å². The van der Waals surface area contributed by atoms with Gasteiger partial charge in [-0.05, 0) is 49.1 Å². The highest BCUT2D eigenvalue weighted by Crippen LogP contribution is 2.18. The summed E-state index contributed by atoms with van der Waals surface area (Å²) >= 11 is 0. The number of anilines is 1. The van der Waals surface area contributed by atoms with Crippen molar-refractivity contribution in [2.24, 2.45) is 9.98 Å². The molecule has 36 heavy (non-hydrogen) atoms. The number of allylic oxidation sites excluding steroid dienone is 5. The topological polar surface area (TPSA) is 76.3 Å². The van der Waals surface area contributed by atoms with Crippen LogP contribution in [0.25, 0.3) is 0 Å². The number of nitrogens with zero attached hydrogens (tertiary/aromatic N) is 5. The molecule has 1 aromatic heterocycles. The summed E-state index contributed by atoms with van der Waals surface area (Å²) in [6, 6.07) is 3.92. The molecule has 7 heteroatoms. The van der Waals surface area contributed by atoms with Crippen molar-refractivity contribution in [3.63, 3.8) is 0 Å². The molecule has 1 aliphatic carbocycles. The van der Waals surface area contributed by atoms with Gasteiger partial charge in [0.15, 0.2) is 5.82 Å². The molecule has 0 saturated heterocycles. The molecule has 2 bridgehead atoms. The van der Waals surface area contributed by atoms with Gasteiger partial charge in [0.1, 0.15) is 11.5 Å². The van der Waals surface area contributed by atoms with Gasteiger partial charge in [-0.3, -0.25) is 9.89 Å². The molecule has 2 N–H and O–H groups in total. The second kappa shape index (κ2) is 12.3. The number of aliphatic hydroxyl groups excluding tert-OH is 1. The smallest absolute Gasteiger partial charge is 0.175 e. The number of rotatable bonds is 8. The Balaban J connectivity index is 1.39. The fourth-order valence-corrected chi connectivity index (χ4v) is 4.20. The van der Waals surface area contributed by atoms with Crippen LogP contribution in [0.4, 0.5) is 5.82 Å². The second-order valence-electron chi connectivity index (χ2n) is 9.22. The maximum atomic E-state index is 10.8. The molecular weight excluding hydrogens is 448 g/mol. The van der Waals surface area contributed by atoms with E-state index in [9.17, 15) is 5.11 Å². The van der Waals surface area contributed by atoms with Gasteiger partial charge < -0.3 is 15.3 Å². The van der Waals surface area contributed by atoms with Crippen molar-refractivity contribution in [3.8, 4) is 0 Å². The third-order valence-corrected chi connectivity index (χ3v) is 6.07. The molecule has 0 amide bonds. The molecular formula is C29H34N6O. The van der Waals surface area contributed by atoms with Gasteiger partial charge in [0.25, 0.3) is 0 Å². The quantitative estimate of drug-likeness (QED) is 0.435. The third-order valence-electron chi connectivity index (χ3n) is 6.07. The summed E-state index contributed by atoms with van der Waals surface area (Å²) in [5.74, 6) is 1.39. The minimum atomic E-state index is -0.525. The van der Waals surface area contributed by atoms with Gasteiger partial charge >= 0.3 is 0 Å². The van der Waals surface area contributed by atoms with Gasteiger partial charge in [-0.1, -0.05) is 30.4 Å².